The van der Waals surface area contributed by atoms with E-state index < -0.39 is 0 Å². The number of allylic oxidation sites excluding steroid dienone is 3. The van der Waals surface area contributed by atoms with Crippen LogP contribution in [0.15, 0.2) is 47.5 Å². The average molecular weight is 290 g/mol. The molecule has 7 heteroatoms. The smallest absolute Gasteiger partial charge is 0.195 e. The third-order valence-corrected chi connectivity index (χ3v) is 2.90. The Hall–Kier alpha value is -2.80. The van der Waals surface area contributed by atoms with Gasteiger partial charge in [0.05, 0.1) is 11.4 Å². The Balaban J connectivity index is 2.06. The van der Waals surface area contributed by atoms with Crippen molar-refractivity contribution in [1.29, 1.82) is 0 Å². The summed E-state index contributed by atoms with van der Waals surface area (Å²) in [4.78, 5) is 10.1. The van der Waals surface area contributed by atoms with Crippen molar-refractivity contribution in [3.63, 3.8) is 0 Å². The fourth-order valence-electron chi connectivity index (χ4n) is 1.98. The largest absolute Gasteiger partial charge is 0.402 e. The van der Waals surface area contributed by atoms with Gasteiger partial charge in [-0.05, 0) is 36.3 Å². The van der Waals surface area contributed by atoms with Crippen LogP contribution < -0.4 is 27.8 Å². The number of rotatable bonds is 4. The van der Waals surface area contributed by atoms with Crippen molar-refractivity contribution in [1.82, 2.24) is 0 Å². The highest BCUT2D eigenvalue weighted by molar-refractivity contribution is 5.64. The predicted octanol–water partition coefficient (Wildman–Crippen LogP) is 1.37. The summed E-state index contributed by atoms with van der Waals surface area (Å²) in [5, 5.41) is 4.75. The first-order valence-corrected chi connectivity index (χ1v) is 6.19. The van der Waals surface area contributed by atoms with Gasteiger partial charge < -0.3 is 22.9 Å². The summed E-state index contributed by atoms with van der Waals surface area (Å²) >= 11 is 0. The number of benzene rings is 1. The Labute approximate surface area is 122 Å². The standard InChI is InChI=1S/C14H18N4O3/c1-7-3-9(15)5-11(17)13(7)19-21-20-14-8(2)4-10(16)6-12(14)18/h4-6H,1,3,15-18H2,2H3. The van der Waals surface area contributed by atoms with Crippen LogP contribution in [-0.4, -0.2) is 0 Å². The molecule has 0 fully saturated rings. The summed E-state index contributed by atoms with van der Waals surface area (Å²) in [6.07, 6.45) is 2.03. The van der Waals surface area contributed by atoms with E-state index in [9.17, 15) is 0 Å². The maximum Gasteiger partial charge on any atom is 0.195 e. The highest BCUT2D eigenvalue weighted by atomic mass is 17.5. The fourth-order valence-corrected chi connectivity index (χ4v) is 1.98. The summed E-state index contributed by atoms with van der Waals surface area (Å²) < 4.78 is 0. The number of anilines is 2. The summed E-state index contributed by atoms with van der Waals surface area (Å²) in [6, 6.07) is 3.26. The van der Waals surface area contributed by atoms with Crippen LogP contribution in [0.3, 0.4) is 0 Å². The van der Waals surface area contributed by atoms with Crippen LogP contribution in [0.1, 0.15) is 12.0 Å². The molecule has 0 saturated heterocycles. The van der Waals surface area contributed by atoms with Gasteiger partial charge in [-0.25, -0.2) is 0 Å². The quantitative estimate of drug-likeness (QED) is 0.374. The highest BCUT2D eigenvalue weighted by Crippen LogP contribution is 2.30. The number of hydrogen-bond donors (Lipinski definition) is 4. The van der Waals surface area contributed by atoms with Crippen LogP contribution in [0.25, 0.3) is 0 Å². The minimum atomic E-state index is 0.274. The Morgan fingerprint density at radius 2 is 1.81 bits per heavy atom. The molecule has 0 saturated carbocycles. The van der Waals surface area contributed by atoms with Gasteiger partial charge in [0.1, 0.15) is 0 Å². The lowest BCUT2D eigenvalue weighted by Gasteiger charge is -2.17. The Morgan fingerprint density at radius 1 is 1.10 bits per heavy atom. The SMILES string of the molecule is C=C1CC(N)=CC(N)=C1OOOc1c(C)cc(N)cc1N. The van der Waals surface area contributed by atoms with Gasteiger partial charge in [-0.15, -0.1) is 0 Å². The summed E-state index contributed by atoms with van der Waals surface area (Å²) in [6.45, 7) is 5.59. The second-order valence-electron chi connectivity index (χ2n) is 4.77. The topological polar surface area (TPSA) is 132 Å². The van der Waals surface area contributed by atoms with Gasteiger partial charge in [0.15, 0.2) is 11.5 Å². The number of nitrogen functional groups attached to an aromatic ring is 2. The van der Waals surface area contributed by atoms with Crippen molar-refractivity contribution >= 4 is 11.4 Å². The van der Waals surface area contributed by atoms with Crippen molar-refractivity contribution in [3.05, 3.63) is 53.1 Å². The van der Waals surface area contributed by atoms with Gasteiger partial charge in [0.2, 0.25) is 0 Å². The molecule has 2 rings (SSSR count). The molecule has 7 nitrogen and oxygen atoms in total. The van der Waals surface area contributed by atoms with Crippen molar-refractivity contribution in [2.45, 2.75) is 13.3 Å². The van der Waals surface area contributed by atoms with Crippen LogP contribution in [0.2, 0.25) is 0 Å². The number of nitrogens with two attached hydrogens (primary N) is 4. The normalized spacial score (nSPS) is 14.9. The zero-order chi connectivity index (χ0) is 15.6. The molecule has 0 aliphatic heterocycles. The Kier molecular flexibility index (Phi) is 3.95. The van der Waals surface area contributed by atoms with Crippen molar-refractivity contribution in [3.8, 4) is 5.75 Å². The monoisotopic (exact) mass is 290 g/mol. The molecule has 0 heterocycles. The Bertz CT molecular complexity index is 627. The number of hydrogen-bond acceptors (Lipinski definition) is 7. The van der Waals surface area contributed by atoms with Crippen LogP contribution >= 0.6 is 0 Å². The molecule has 1 aliphatic rings. The molecule has 0 atom stereocenters. The molecule has 0 bridgehead atoms. The predicted molar refractivity (Wildman–Crippen MR) is 80.0 cm³/mol. The lowest BCUT2D eigenvalue weighted by atomic mass is 10.0. The van der Waals surface area contributed by atoms with Gasteiger partial charge in [-0.2, -0.15) is 0 Å². The highest BCUT2D eigenvalue weighted by Gasteiger charge is 2.17. The molecule has 1 aromatic carbocycles. The van der Waals surface area contributed by atoms with E-state index in [2.05, 4.69) is 6.58 Å². The van der Waals surface area contributed by atoms with Gasteiger partial charge in [-0.1, -0.05) is 6.58 Å². The van der Waals surface area contributed by atoms with Crippen LogP contribution in [-0.2, 0) is 9.93 Å². The van der Waals surface area contributed by atoms with E-state index in [1.165, 1.54) is 0 Å². The first-order valence-electron chi connectivity index (χ1n) is 6.19. The molecule has 0 amide bonds. The van der Waals surface area contributed by atoms with E-state index in [1.807, 2.05) is 0 Å². The average Bonchev–Trinajstić information content (AvgIpc) is 2.34. The summed E-state index contributed by atoms with van der Waals surface area (Å²) in [7, 11) is 0. The molecular weight excluding hydrogens is 272 g/mol. The molecule has 1 aromatic rings. The van der Waals surface area contributed by atoms with Crippen LogP contribution in [0.4, 0.5) is 11.4 Å². The van der Waals surface area contributed by atoms with E-state index in [4.69, 9.17) is 37.7 Å². The van der Waals surface area contributed by atoms with Crippen molar-refractivity contribution in [2.75, 3.05) is 11.5 Å². The van der Waals surface area contributed by atoms with E-state index >= 15 is 0 Å². The summed E-state index contributed by atoms with van der Waals surface area (Å²) in [5.74, 6) is 0.593. The molecule has 112 valence electrons. The zero-order valence-corrected chi connectivity index (χ0v) is 11.7. The van der Waals surface area contributed by atoms with Gasteiger partial charge in [-0.3, -0.25) is 9.78 Å². The second kappa shape index (κ2) is 5.68. The molecule has 0 spiro atoms. The van der Waals surface area contributed by atoms with E-state index in [-0.39, 0.29) is 5.76 Å². The van der Waals surface area contributed by atoms with E-state index in [0.717, 1.165) is 0 Å². The zero-order valence-electron chi connectivity index (χ0n) is 11.7. The lowest BCUT2D eigenvalue weighted by Crippen LogP contribution is -2.15. The van der Waals surface area contributed by atoms with Gasteiger partial charge in [0, 0.05) is 22.8 Å². The lowest BCUT2D eigenvalue weighted by molar-refractivity contribution is -0.445. The first-order chi connectivity index (χ1) is 9.88. The van der Waals surface area contributed by atoms with Crippen molar-refractivity contribution in [2.24, 2.45) is 11.5 Å². The second-order valence-corrected chi connectivity index (χ2v) is 4.77. The van der Waals surface area contributed by atoms with E-state index in [0.29, 0.717) is 46.1 Å². The van der Waals surface area contributed by atoms with Gasteiger partial charge in [0.25, 0.3) is 0 Å². The molecule has 0 unspecified atom stereocenters. The summed E-state index contributed by atoms with van der Waals surface area (Å²) in [5.41, 5.74) is 26.0. The molecular formula is C14H18N4O3. The maximum absolute atomic E-state index is 5.79. The third-order valence-electron chi connectivity index (χ3n) is 2.90. The molecule has 8 N–H and O–H groups in total. The van der Waals surface area contributed by atoms with Gasteiger partial charge >= 0.3 is 0 Å². The molecule has 1 aliphatic carbocycles. The molecule has 21 heavy (non-hydrogen) atoms. The number of aryl methyl sites for hydroxylation is 1. The minimum Gasteiger partial charge on any atom is -0.402 e. The van der Waals surface area contributed by atoms with Crippen molar-refractivity contribution < 1.29 is 14.8 Å². The minimum absolute atomic E-state index is 0.274. The van der Waals surface area contributed by atoms with Crippen LogP contribution in [0, 0.1) is 6.92 Å². The molecule has 0 radical (unpaired) electrons. The van der Waals surface area contributed by atoms with E-state index in [1.54, 1.807) is 25.1 Å². The first kappa shape index (κ1) is 14.6. The third kappa shape index (κ3) is 3.21. The maximum atomic E-state index is 5.79. The Morgan fingerprint density at radius 3 is 2.43 bits per heavy atom. The fraction of sp³-hybridized carbons (Fsp3) is 0.143. The van der Waals surface area contributed by atoms with Crippen LogP contribution in [0.5, 0.6) is 5.75 Å². The molecule has 0 aromatic heterocycles.